The van der Waals surface area contributed by atoms with E-state index in [1.807, 2.05) is 30.3 Å². The molecule has 1 saturated heterocycles. The van der Waals surface area contributed by atoms with Crippen LogP contribution in [0.3, 0.4) is 0 Å². The van der Waals surface area contributed by atoms with Gasteiger partial charge in [-0.1, -0.05) is 45.9 Å². The van der Waals surface area contributed by atoms with Gasteiger partial charge in [-0.05, 0) is 55.7 Å². The van der Waals surface area contributed by atoms with Gasteiger partial charge in [0.25, 0.3) is 0 Å². The second kappa shape index (κ2) is 10.2. The molecule has 2 aromatic rings. The fourth-order valence-corrected chi connectivity index (χ4v) is 5.61. The summed E-state index contributed by atoms with van der Waals surface area (Å²) in [4.78, 5) is 33.0. The molecule has 2 aromatic carbocycles. The van der Waals surface area contributed by atoms with Crippen LogP contribution in [0.4, 0.5) is 0 Å². The Morgan fingerprint density at radius 1 is 1.12 bits per heavy atom. The van der Waals surface area contributed by atoms with Gasteiger partial charge in [-0.15, -0.1) is 0 Å². The van der Waals surface area contributed by atoms with Gasteiger partial charge in [0.1, 0.15) is 0 Å². The Kier molecular flexibility index (Phi) is 7.33. The van der Waals surface area contributed by atoms with E-state index in [1.54, 1.807) is 45.1 Å². The van der Waals surface area contributed by atoms with Gasteiger partial charge in [0, 0.05) is 4.47 Å². The van der Waals surface area contributed by atoms with Crippen LogP contribution in [-0.4, -0.2) is 48.0 Å². The Balaban J connectivity index is 1.76. The van der Waals surface area contributed by atoms with E-state index in [2.05, 4.69) is 20.9 Å². The first kappa shape index (κ1) is 24.3. The SMILES string of the molecule is CCOC(=O)C1=C(C)N=C2S[C@@H](Cc3ccc(Br)cc3)C(=O)N2[C@@H]1c1ccc(OC)c(OC)c1. The molecule has 0 unspecified atom stereocenters. The zero-order valence-corrected chi connectivity index (χ0v) is 21.7. The molecule has 0 bridgehead atoms. The highest BCUT2D eigenvalue weighted by molar-refractivity contribution is 9.10. The summed E-state index contributed by atoms with van der Waals surface area (Å²) in [5.74, 6) is 0.484. The molecular weight excluding hydrogens is 520 g/mol. The highest BCUT2D eigenvalue weighted by Gasteiger charge is 2.47. The smallest absolute Gasteiger partial charge is 0.338 e. The van der Waals surface area contributed by atoms with Crippen LogP contribution in [0.1, 0.15) is 31.0 Å². The maximum Gasteiger partial charge on any atom is 0.338 e. The summed E-state index contributed by atoms with van der Waals surface area (Å²) < 4.78 is 17.2. The van der Waals surface area contributed by atoms with Crippen LogP contribution >= 0.6 is 27.7 Å². The lowest BCUT2D eigenvalue weighted by Crippen LogP contribution is -2.41. The minimum absolute atomic E-state index is 0.0965. The Morgan fingerprint density at radius 3 is 2.47 bits per heavy atom. The fourth-order valence-electron chi connectivity index (χ4n) is 4.10. The summed E-state index contributed by atoms with van der Waals surface area (Å²) in [6.07, 6.45) is 0.554. The number of nitrogens with zero attached hydrogens (tertiary/aromatic N) is 2. The third-order valence-corrected chi connectivity index (χ3v) is 7.38. The maximum absolute atomic E-state index is 13.7. The van der Waals surface area contributed by atoms with E-state index in [9.17, 15) is 9.59 Å². The molecule has 2 heterocycles. The number of allylic oxidation sites excluding steroid dienone is 1. The first-order valence-electron chi connectivity index (χ1n) is 10.8. The number of rotatable bonds is 7. The minimum atomic E-state index is -0.679. The van der Waals surface area contributed by atoms with Crippen molar-refractivity contribution in [3.63, 3.8) is 0 Å². The molecule has 1 amide bonds. The average molecular weight is 545 g/mol. The van der Waals surface area contributed by atoms with E-state index in [1.165, 1.54) is 11.8 Å². The number of methoxy groups -OCH3 is 2. The van der Waals surface area contributed by atoms with Crippen molar-refractivity contribution in [2.24, 2.45) is 4.99 Å². The molecule has 34 heavy (non-hydrogen) atoms. The summed E-state index contributed by atoms with van der Waals surface area (Å²) in [5.41, 5.74) is 2.64. The topological polar surface area (TPSA) is 77.4 Å². The van der Waals surface area contributed by atoms with Gasteiger partial charge >= 0.3 is 5.97 Å². The van der Waals surface area contributed by atoms with Crippen LogP contribution in [0.2, 0.25) is 0 Å². The predicted octanol–water partition coefficient (Wildman–Crippen LogP) is 4.90. The average Bonchev–Trinajstić information content (AvgIpc) is 3.13. The first-order chi connectivity index (χ1) is 16.4. The van der Waals surface area contributed by atoms with E-state index < -0.39 is 12.0 Å². The third kappa shape index (κ3) is 4.59. The van der Waals surface area contributed by atoms with E-state index >= 15 is 0 Å². The molecule has 2 atom stereocenters. The second-order valence-corrected chi connectivity index (χ2v) is 9.86. The van der Waals surface area contributed by atoms with Crippen molar-refractivity contribution in [2.45, 2.75) is 31.6 Å². The van der Waals surface area contributed by atoms with Crippen molar-refractivity contribution >= 4 is 44.7 Å². The molecule has 178 valence electrons. The number of hydrogen-bond acceptors (Lipinski definition) is 7. The number of fused-ring (bicyclic) bond motifs is 1. The zero-order valence-electron chi connectivity index (χ0n) is 19.3. The summed E-state index contributed by atoms with van der Waals surface area (Å²) in [7, 11) is 3.11. The Labute approximate surface area is 211 Å². The van der Waals surface area contributed by atoms with Crippen LogP contribution in [0, 0.1) is 0 Å². The molecule has 0 N–H and O–H groups in total. The van der Waals surface area contributed by atoms with Crippen molar-refractivity contribution in [3.05, 3.63) is 69.3 Å². The second-order valence-electron chi connectivity index (χ2n) is 7.78. The van der Waals surface area contributed by atoms with E-state index in [0.29, 0.717) is 39.9 Å². The van der Waals surface area contributed by atoms with Crippen LogP contribution in [-0.2, 0) is 20.7 Å². The summed E-state index contributed by atoms with van der Waals surface area (Å²) in [6, 6.07) is 12.6. The monoisotopic (exact) mass is 544 g/mol. The van der Waals surface area contributed by atoms with Crippen LogP contribution < -0.4 is 9.47 Å². The lowest BCUT2D eigenvalue weighted by molar-refractivity contribution is -0.139. The van der Waals surface area contributed by atoms with Gasteiger partial charge in [0.15, 0.2) is 16.7 Å². The molecule has 9 heteroatoms. The molecule has 0 spiro atoms. The largest absolute Gasteiger partial charge is 0.493 e. The quantitative estimate of drug-likeness (QED) is 0.461. The number of carbonyl (C=O) groups excluding carboxylic acids is 2. The molecule has 0 saturated carbocycles. The number of amides is 1. The number of benzene rings is 2. The fraction of sp³-hybridized carbons (Fsp3) is 0.320. The molecule has 0 aliphatic carbocycles. The van der Waals surface area contributed by atoms with Crippen molar-refractivity contribution in [1.29, 1.82) is 0 Å². The van der Waals surface area contributed by atoms with Gasteiger partial charge in [-0.25, -0.2) is 9.79 Å². The molecule has 2 aliphatic heterocycles. The normalized spacial score (nSPS) is 19.6. The Hall–Kier alpha value is -2.78. The van der Waals surface area contributed by atoms with Crippen LogP contribution in [0.5, 0.6) is 11.5 Å². The standard InChI is InChI=1S/C25H25BrN2O5S/c1-5-33-24(30)21-14(2)27-25-28(22(21)16-8-11-18(31-3)19(13-16)32-4)23(29)20(34-25)12-15-6-9-17(26)10-7-15/h6-11,13,20,22H,5,12H2,1-4H3/t20-,22+/m0/s1. The van der Waals surface area contributed by atoms with Crippen molar-refractivity contribution < 1.29 is 23.8 Å². The number of amidine groups is 1. The van der Waals surface area contributed by atoms with E-state index in [4.69, 9.17) is 14.2 Å². The maximum atomic E-state index is 13.7. The van der Waals surface area contributed by atoms with Crippen LogP contribution in [0.15, 0.2) is 63.2 Å². The summed E-state index contributed by atoms with van der Waals surface area (Å²) in [5, 5.41) is 0.231. The van der Waals surface area contributed by atoms with Gasteiger partial charge in [-0.2, -0.15) is 0 Å². The molecule has 0 aromatic heterocycles. The Morgan fingerprint density at radius 2 is 1.82 bits per heavy atom. The predicted molar refractivity (Wildman–Crippen MR) is 135 cm³/mol. The van der Waals surface area contributed by atoms with Crippen LogP contribution in [0.25, 0.3) is 0 Å². The number of halogens is 1. The molecule has 2 aliphatic rings. The van der Waals surface area contributed by atoms with Gasteiger partial charge in [0.05, 0.1) is 43.4 Å². The third-order valence-electron chi connectivity index (χ3n) is 5.70. The van der Waals surface area contributed by atoms with Gasteiger partial charge < -0.3 is 14.2 Å². The molecule has 0 radical (unpaired) electrons. The minimum Gasteiger partial charge on any atom is -0.493 e. The summed E-state index contributed by atoms with van der Waals surface area (Å²) >= 11 is 4.87. The van der Waals surface area contributed by atoms with E-state index in [-0.39, 0.29) is 17.8 Å². The number of hydrogen-bond donors (Lipinski definition) is 0. The number of ether oxygens (including phenoxy) is 3. The zero-order chi connectivity index (χ0) is 24.4. The number of esters is 1. The van der Waals surface area contributed by atoms with Crippen molar-refractivity contribution in [1.82, 2.24) is 4.90 Å². The lowest BCUT2D eigenvalue weighted by atomic mass is 9.93. The van der Waals surface area contributed by atoms with E-state index in [0.717, 1.165) is 10.0 Å². The van der Waals surface area contributed by atoms with Gasteiger partial charge in [0.2, 0.25) is 5.91 Å². The highest BCUT2D eigenvalue weighted by Crippen LogP contribution is 2.45. The number of thioether (sulfide) groups is 1. The molecular formula is C25H25BrN2O5S. The first-order valence-corrected chi connectivity index (χ1v) is 12.5. The van der Waals surface area contributed by atoms with Crippen molar-refractivity contribution in [3.8, 4) is 11.5 Å². The Bertz CT molecular complexity index is 1180. The highest BCUT2D eigenvalue weighted by atomic mass is 79.9. The molecule has 4 rings (SSSR count). The number of aliphatic imine (C=N–C) groups is 1. The lowest BCUT2D eigenvalue weighted by Gasteiger charge is -2.33. The van der Waals surface area contributed by atoms with Crippen molar-refractivity contribution in [2.75, 3.05) is 20.8 Å². The summed E-state index contributed by atoms with van der Waals surface area (Å²) in [6.45, 7) is 3.75. The molecule has 7 nitrogen and oxygen atoms in total. The van der Waals surface area contributed by atoms with Gasteiger partial charge in [-0.3, -0.25) is 9.69 Å². The number of carbonyl (C=O) groups is 2. The molecule has 1 fully saturated rings.